The second-order valence-electron chi connectivity index (χ2n) is 6.84. The van der Waals surface area contributed by atoms with Crippen molar-refractivity contribution in [3.8, 4) is 0 Å². The summed E-state index contributed by atoms with van der Waals surface area (Å²) in [5, 5.41) is 0. The van der Waals surface area contributed by atoms with Gasteiger partial charge >= 0.3 is 0 Å². The van der Waals surface area contributed by atoms with E-state index in [0.717, 1.165) is 11.1 Å². The van der Waals surface area contributed by atoms with Crippen molar-refractivity contribution in [2.45, 2.75) is 36.8 Å². The van der Waals surface area contributed by atoms with Crippen molar-refractivity contribution < 1.29 is 12.8 Å². The summed E-state index contributed by atoms with van der Waals surface area (Å²) >= 11 is 0. The van der Waals surface area contributed by atoms with Gasteiger partial charge in [0.1, 0.15) is 6.17 Å². The zero-order valence-corrected chi connectivity index (χ0v) is 14.8. The van der Waals surface area contributed by atoms with E-state index in [0.29, 0.717) is 6.42 Å². The van der Waals surface area contributed by atoms with Crippen LogP contribution in [0.5, 0.6) is 0 Å². The van der Waals surface area contributed by atoms with Crippen molar-refractivity contribution in [1.29, 1.82) is 0 Å². The zero-order valence-electron chi connectivity index (χ0n) is 13.9. The molecule has 0 N–H and O–H groups in total. The van der Waals surface area contributed by atoms with E-state index >= 15 is 0 Å². The van der Waals surface area contributed by atoms with E-state index < -0.39 is 21.6 Å². The molecule has 2 aromatic rings. The van der Waals surface area contributed by atoms with E-state index in [1.807, 2.05) is 44.2 Å². The lowest BCUT2D eigenvalue weighted by Crippen LogP contribution is -2.51. The predicted octanol–water partition coefficient (Wildman–Crippen LogP) is 3.69. The average Bonchev–Trinajstić information content (AvgIpc) is 2.55. The van der Waals surface area contributed by atoms with Gasteiger partial charge in [-0.3, -0.25) is 0 Å². The Hall–Kier alpha value is -1.72. The fourth-order valence-corrected chi connectivity index (χ4v) is 4.98. The number of alkyl halides is 1. The molecule has 24 heavy (non-hydrogen) atoms. The van der Waals surface area contributed by atoms with Crippen LogP contribution in [0.25, 0.3) is 0 Å². The Morgan fingerprint density at radius 1 is 1.08 bits per heavy atom. The van der Waals surface area contributed by atoms with Crippen LogP contribution < -0.4 is 0 Å². The number of benzene rings is 2. The molecular weight excluding hydrogens is 325 g/mol. The Bertz CT molecular complexity index is 805. The topological polar surface area (TPSA) is 37.4 Å². The van der Waals surface area contributed by atoms with Crippen LogP contribution in [0.3, 0.4) is 0 Å². The van der Waals surface area contributed by atoms with Crippen LogP contribution in [0.4, 0.5) is 4.39 Å². The third-order valence-electron chi connectivity index (χ3n) is 4.73. The molecule has 2 atom stereocenters. The zero-order chi connectivity index (χ0) is 17.4. The van der Waals surface area contributed by atoms with E-state index in [1.54, 1.807) is 24.3 Å². The molecule has 1 aliphatic heterocycles. The van der Waals surface area contributed by atoms with Gasteiger partial charge in [0, 0.05) is 18.5 Å². The first kappa shape index (κ1) is 17.1. The van der Waals surface area contributed by atoms with Gasteiger partial charge in [-0.25, -0.2) is 12.8 Å². The Morgan fingerprint density at radius 2 is 1.71 bits per heavy atom. The number of nitrogens with zero attached hydrogens (tertiary/aromatic N) is 1. The van der Waals surface area contributed by atoms with E-state index in [2.05, 4.69) is 0 Å². The van der Waals surface area contributed by atoms with Gasteiger partial charge in [-0.2, -0.15) is 4.31 Å². The van der Waals surface area contributed by atoms with Gasteiger partial charge in [0.25, 0.3) is 0 Å². The van der Waals surface area contributed by atoms with Gasteiger partial charge in [-0.1, -0.05) is 55.0 Å². The lowest BCUT2D eigenvalue weighted by molar-refractivity contribution is 0.137. The van der Waals surface area contributed by atoms with Crippen LogP contribution in [-0.2, 0) is 15.4 Å². The van der Waals surface area contributed by atoms with E-state index in [4.69, 9.17) is 0 Å². The molecule has 5 heteroatoms. The minimum absolute atomic E-state index is 0.0847. The smallest absolute Gasteiger partial charge is 0.243 e. The molecule has 1 saturated heterocycles. The third-order valence-corrected chi connectivity index (χ3v) is 6.55. The number of rotatable bonds is 3. The van der Waals surface area contributed by atoms with Crippen LogP contribution in [0, 0.1) is 6.92 Å². The lowest BCUT2D eigenvalue weighted by atomic mass is 9.76. The van der Waals surface area contributed by atoms with Crippen molar-refractivity contribution in [2.24, 2.45) is 0 Å². The van der Waals surface area contributed by atoms with E-state index in [9.17, 15) is 12.8 Å². The molecule has 128 valence electrons. The quantitative estimate of drug-likeness (QED) is 0.849. The maximum absolute atomic E-state index is 14.4. The highest BCUT2D eigenvalue weighted by Gasteiger charge is 2.42. The van der Waals surface area contributed by atoms with Crippen LogP contribution in [0.1, 0.15) is 24.5 Å². The number of halogens is 1. The largest absolute Gasteiger partial charge is 0.246 e. The van der Waals surface area contributed by atoms with Gasteiger partial charge in [-0.05, 0) is 31.0 Å². The molecule has 0 radical (unpaired) electrons. The van der Waals surface area contributed by atoms with Gasteiger partial charge in [0.15, 0.2) is 0 Å². The molecule has 1 fully saturated rings. The number of piperidine rings is 1. The maximum Gasteiger partial charge on any atom is 0.243 e. The van der Waals surface area contributed by atoms with Crippen molar-refractivity contribution in [2.75, 3.05) is 13.1 Å². The highest BCUT2D eigenvalue weighted by molar-refractivity contribution is 7.89. The first-order valence-corrected chi connectivity index (χ1v) is 9.52. The summed E-state index contributed by atoms with van der Waals surface area (Å²) in [7, 11) is -3.70. The predicted molar refractivity (Wildman–Crippen MR) is 93.2 cm³/mol. The van der Waals surface area contributed by atoms with Crippen LogP contribution >= 0.6 is 0 Å². The molecule has 0 saturated carbocycles. The minimum atomic E-state index is -3.70. The number of hydrogen-bond acceptors (Lipinski definition) is 2. The number of aryl methyl sites for hydroxylation is 1. The van der Waals surface area contributed by atoms with Crippen molar-refractivity contribution in [3.05, 3.63) is 65.7 Å². The van der Waals surface area contributed by atoms with Crippen molar-refractivity contribution in [3.63, 3.8) is 0 Å². The van der Waals surface area contributed by atoms with Gasteiger partial charge < -0.3 is 0 Å². The first-order chi connectivity index (χ1) is 11.3. The standard InChI is InChI=1S/C19H22FNO2S/c1-15-8-10-18(11-9-15)24(22,23)21-13-17(20)12-19(2,14-21)16-6-4-3-5-7-16/h3-11,17H,12-14H2,1-2H3. The fourth-order valence-electron chi connectivity index (χ4n) is 3.38. The second kappa shape index (κ2) is 6.30. The fraction of sp³-hybridized carbons (Fsp3) is 0.368. The summed E-state index contributed by atoms with van der Waals surface area (Å²) in [5.41, 5.74) is 1.43. The molecule has 3 rings (SSSR count). The number of sulfonamides is 1. The summed E-state index contributed by atoms with van der Waals surface area (Å²) in [6.07, 6.45) is -0.846. The molecule has 0 spiro atoms. The lowest BCUT2D eigenvalue weighted by Gasteiger charge is -2.41. The van der Waals surface area contributed by atoms with Crippen LogP contribution in [0.15, 0.2) is 59.5 Å². The normalized spacial score (nSPS) is 25.5. The van der Waals surface area contributed by atoms with Crippen molar-refractivity contribution in [1.82, 2.24) is 4.31 Å². The van der Waals surface area contributed by atoms with Gasteiger partial charge in [0.05, 0.1) is 4.90 Å². The Kier molecular flexibility index (Phi) is 4.49. The molecule has 2 aromatic carbocycles. The molecule has 2 unspecified atom stereocenters. The summed E-state index contributed by atoms with van der Waals surface area (Å²) in [4.78, 5) is 0.220. The Morgan fingerprint density at radius 3 is 2.33 bits per heavy atom. The molecular formula is C19H22FNO2S. The summed E-state index contributed by atoms with van der Waals surface area (Å²) in [6.45, 7) is 4.04. The van der Waals surface area contributed by atoms with Gasteiger partial charge in [0.2, 0.25) is 10.0 Å². The van der Waals surface area contributed by atoms with Crippen LogP contribution in [0.2, 0.25) is 0 Å². The molecule has 1 aliphatic rings. The maximum atomic E-state index is 14.4. The van der Waals surface area contributed by atoms with E-state index in [-0.39, 0.29) is 18.0 Å². The monoisotopic (exact) mass is 347 g/mol. The highest BCUT2D eigenvalue weighted by atomic mass is 32.2. The number of hydrogen-bond donors (Lipinski definition) is 0. The third kappa shape index (κ3) is 3.23. The summed E-state index contributed by atoms with van der Waals surface area (Å²) in [6, 6.07) is 16.3. The molecule has 0 aromatic heterocycles. The second-order valence-corrected chi connectivity index (χ2v) is 8.78. The summed E-state index contributed by atoms with van der Waals surface area (Å²) < 4.78 is 41.6. The summed E-state index contributed by atoms with van der Waals surface area (Å²) in [5.74, 6) is 0. The minimum Gasteiger partial charge on any atom is -0.246 e. The SMILES string of the molecule is Cc1ccc(S(=O)(=O)N2CC(F)CC(C)(c3ccccc3)C2)cc1. The molecule has 1 heterocycles. The Labute approximate surface area is 143 Å². The highest BCUT2D eigenvalue weighted by Crippen LogP contribution is 2.37. The van der Waals surface area contributed by atoms with Gasteiger partial charge in [-0.15, -0.1) is 0 Å². The van der Waals surface area contributed by atoms with Crippen LogP contribution in [-0.4, -0.2) is 32.0 Å². The van der Waals surface area contributed by atoms with Crippen molar-refractivity contribution >= 4 is 10.0 Å². The molecule has 3 nitrogen and oxygen atoms in total. The molecule has 0 bridgehead atoms. The Balaban J connectivity index is 1.95. The molecule has 0 amide bonds. The molecule has 0 aliphatic carbocycles. The van der Waals surface area contributed by atoms with E-state index in [1.165, 1.54) is 4.31 Å². The average molecular weight is 347 g/mol. The first-order valence-electron chi connectivity index (χ1n) is 8.08.